The van der Waals surface area contributed by atoms with Crippen molar-refractivity contribution < 1.29 is 29.3 Å². The van der Waals surface area contributed by atoms with Crippen molar-refractivity contribution in [3.05, 3.63) is 0 Å². The Morgan fingerprint density at radius 3 is 2.33 bits per heavy atom. The molecular weight excluding hydrogens is 282 g/mol. The lowest BCUT2D eigenvalue weighted by Gasteiger charge is -2.34. The maximum atomic E-state index is 11.8. The summed E-state index contributed by atoms with van der Waals surface area (Å²) >= 11 is 0. The van der Waals surface area contributed by atoms with E-state index in [-0.39, 0.29) is 5.97 Å². The molecule has 0 spiro atoms. The topological polar surface area (TPSA) is 119 Å². The van der Waals surface area contributed by atoms with Gasteiger partial charge >= 0.3 is 18.0 Å². The number of rotatable bonds is 6. The molecule has 21 heavy (non-hydrogen) atoms. The van der Waals surface area contributed by atoms with E-state index < -0.39 is 24.6 Å². The number of hydrogen-bond acceptors (Lipinski definition) is 6. The molecule has 1 fully saturated rings. The average Bonchev–Trinajstić information content (AvgIpc) is 2.50. The fourth-order valence-electron chi connectivity index (χ4n) is 1.95. The first kappa shape index (κ1) is 17.2. The van der Waals surface area contributed by atoms with Crippen LogP contribution in [0, 0.1) is 0 Å². The van der Waals surface area contributed by atoms with Gasteiger partial charge in [0.25, 0.3) is 0 Å². The number of ether oxygens (including phenoxy) is 1. The molecule has 120 valence electrons. The van der Waals surface area contributed by atoms with Crippen LogP contribution in [-0.2, 0) is 14.3 Å². The van der Waals surface area contributed by atoms with Crippen LogP contribution in [0.2, 0.25) is 0 Å². The Bertz CT molecular complexity index is 381. The van der Waals surface area contributed by atoms with Crippen LogP contribution in [-0.4, -0.2) is 90.5 Å². The summed E-state index contributed by atoms with van der Waals surface area (Å²) < 4.78 is 4.56. The predicted octanol–water partition coefficient (Wildman–Crippen LogP) is -1.68. The molecule has 0 radical (unpaired) electrons. The van der Waals surface area contributed by atoms with Crippen LogP contribution in [0.5, 0.6) is 0 Å². The number of aliphatic hydroxyl groups excluding tert-OH is 1. The third-order valence-corrected chi connectivity index (χ3v) is 3.30. The van der Waals surface area contributed by atoms with Gasteiger partial charge in [-0.25, -0.2) is 9.59 Å². The van der Waals surface area contributed by atoms with E-state index in [2.05, 4.69) is 10.1 Å². The number of carbonyl (C=O) groups excluding carboxylic acids is 2. The molecule has 0 aromatic heterocycles. The fourth-order valence-corrected chi connectivity index (χ4v) is 1.95. The second-order valence-electron chi connectivity index (χ2n) is 4.68. The highest BCUT2D eigenvalue weighted by Crippen LogP contribution is 2.03. The summed E-state index contributed by atoms with van der Waals surface area (Å²) in [4.78, 5) is 37.1. The molecule has 1 unspecified atom stereocenters. The maximum absolute atomic E-state index is 11.8. The van der Waals surface area contributed by atoms with Crippen LogP contribution in [0.4, 0.5) is 4.79 Å². The third kappa shape index (κ3) is 5.56. The van der Waals surface area contributed by atoms with Gasteiger partial charge in [-0.3, -0.25) is 9.69 Å². The van der Waals surface area contributed by atoms with Gasteiger partial charge in [-0.2, -0.15) is 0 Å². The first-order valence-corrected chi connectivity index (χ1v) is 6.66. The molecule has 0 aromatic carbocycles. The maximum Gasteiger partial charge on any atom is 0.328 e. The molecule has 0 saturated carbocycles. The number of urea groups is 1. The first-order chi connectivity index (χ1) is 9.97. The number of nitrogens with zero attached hydrogens (tertiary/aromatic N) is 2. The van der Waals surface area contributed by atoms with E-state index in [9.17, 15) is 14.4 Å². The van der Waals surface area contributed by atoms with Crippen molar-refractivity contribution in [3.63, 3.8) is 0 Å². The van der Waals surface area contributed by atoms with Crippen LogP contribution in [0.1, 0.15) is 6.42 Å². The number of carbonyl (C=O) groups is 3. The zero-order chi connectivity index (χ0) is 15.8. The number of carboxylic acids is 1. The van der Waals surface area contributed by atoms with Gasteiger partial charge in [0.05, 0.1) is 20.1 Å². The summed E-state index contributed by atoms with van der Waals surface area (Å²) in [7, 11) is 1.34. The van der Waals surface area contributed by atoms with Gasteiger partial charge in [0, 0.05) is 32.7 Å². The second kappa shape index (κ2) is 8.42. The number of aliphatic carboxylic acids is 1. The molecule has 0 aromatic rings. The minimum atomic E-state index is -1.30. The quantitative estimate of drug-likeness (QED) is 0.501. The van der Waals surface area contributed by atoms with Gasteiger partial charge in [-0.05, 0) is 0 Å². The number of methoxy groups -OCH3 is 1. The van der Waals surface area contributed by atoms with Crippen molar-refractivity contribution in [2.45, 2.75) is 12.5 Å². The summed E-state index contributed by atoms with van der Waals surface area (Å²) in [6, 6.07) is -1.81. The largest absolute Gasteiger partial charge is 0.480 e. The van der Waals surface area contributed by atoms with E-state index in [1.54, 1.807) is 0 Å². The van der Waals surface area contributed by atoms with Gasteiger partial charge < -0.3 is 25.2 Å². The number of esters is 1. The molecule has 2 amide bonds. The highest BCUT2D eigenvalue weighted by molar-refractivity contribution is 5.82. The van der Waals surface area contributed by atoms with E-state index in [0.29, 0.717) is 39.1 Å². The summed E-state index contributed by atoms with van der Waals surface area (Å²) in [6.07, 6.45) is 0.300. The highest BCUT2D eigenvalue weighted by Gasteiger charge is 2.25. The van der Waals surface area contributed by atoms with Gasteiger partial charge in [0.15, 0.2) is 6.04 Å². The lowest BCUT2D eigenvalue weighted by Crippen LogP contribution is -2.55. The van der Waals surface area contributed by atoms with Crippen LogP contribution in [0.3, 0.4) is 0 Å². The number of amides is 2. The molecule has 0 bridgehead atoms. The molecule has 1 rings (SSSR count). The zero-order valence-electron chi connectivity index (χ0n) is 11.9. The Morgan fingerprint density at radius 2 is 1.86 bits per heavy atom. The molecule has 9 nitrogen and oxygen atoms in total. The lowest BCUT2D eigenvalue weighted by atomic mass is 10.3. The standard InChI is InChI=1S/C12H21N3O6/c1-21-10(17)2-3-14-4-6-15(7-5-14)12(20)13-9(8-16)11(18)19/h9,16H,2-8H2,1H3,(H,13,20)(H,18,19). The SMILES string of the molecule is COC(=O)CCN1CCN(C(=O)NC(CO)C(=O)O)CC1. The van der Waals surface area contributed by atoms with Crippen molar-refractivity contribution >= 4 is 18.0 Å². The molecule has 3 N–H and O–H groups in total. The van der Waals surface area contributed by atoms with Crippen molar-refractivity contribution in [1.82, 2.24) is 15.1 Å². The minimum absolute atomic E-state index is 0.276. The van der Waals surface area contributed by atoms with E-state index in [1.807, 2.05) is 4.90 Å². The van der Waals surface area contributed by atoms with E-state index in [4.69, 9.17) is 10.2 Å². The molecule has 9 heteroatoms. The number of piperazine rings is 1. The predicted molar refractivity (Wildman–Crippen MR) is 71.7 cm³/mol. The Kier molecular flexibility index (Phi) is 6.89. The number of nitrogens with one attached hydrogen (secondary N) is 1. The summed E-state index contributed by atoms with van der Waals surface area (Å²) in [5.74, 6) is -1.55. The summed E-state index contributed by atoms with van der Waals surface area (Å²) in [5.41, 5.74) is 0. The number of carboxylic acid groups (broad SMARTS) is 1. The van der Waals surface area contributed by atoms with Crippen molar-refractivity contribution in [3.8, 4) is 0 Å². The van der Waals surface area contributed by atoms with Crippen LogP contribution < -0.4 is 5.32 Å². The second-order valence-corrected chi connectivity index (χ2v) is 4.68. The molecule has 1 saturated heterocycles. The zero-order valence-corrected chi connectivity index (χ0v) is 11.9. The monoisotopic (exact) mass is 303 g/mol. The fraction of sp³-hybridized carbons (Fsp3) is 0.750. The molecule has 1 heterocycles. The highest BCUT2D eigenvalue weighted by atomic mass is 16.5. The lowest BCUT2D eigenvalue weighted by molar-refractivity contribution is -0.141. The van der Waals surface area contributed by atoms with Crippen LogP contribution >= 0.6 is 0 Å². The van der Waals surface area contributed by atoms with E-state index in [1.165, 1.54) is 12.0 Å². The van der Waals surface area contributed by atoms with Gasteiger partial charge in [0.2, 0.25) is 0 Å². The van der Waals surface area contributed by atoms with Crippen LogP contribution in [0.25, 0.3) is 0 Å². The van der Waals surface area contributed by atoms with Gasteiger partial charge in [0.1, 0.15) is 0 Å². The van der Waals surface area contributed by atoms with Crippen molar-refractivity contribution in [1.29, 1.82) is 0 Å². The molecule has 1 aliphatic heterocycles. The number of aliphatic hydroxyl groups is 1. The third-order valence-electron chi connectivity index (χ3n) is 3.30. The smallest absolute Gasteiger partial charge is 0.328 e. The van der Waals surface area contributed by atoms with E-state index >= 15 is 0 Å². The van der Waals surface area contributed by atoms with Crippen LogP contribution in [0.15, 0.2) is 0 Å². The molecule has 0 aliphatic carbocycles. The Labute approximate surface area is 122 Å². The Balaban J connectivity index is 2.33. The normalized spacial score (nSPS) is 17.1. The summed E-state index contributed by atoms with van der Waals surface area (Å²) in [6.45, 7) is 1.98. The molecule has 1 atom stereocenters. The van der Waals surface area contributed by atoms with Gasteiger partial charge in [-0.1, -0.05) is 0 Å². The van der Waals surface area contributed by atoms with Crippen molar-refractivity contribution in [2.24, 2.45) is 0 Å². The van der Waals surface area contributed by atoms with Gasteiger partial charge in [-0.15, -0.1) is 0 Å². The van der Waals surface area contributed by atoms with E-state index in [0.717, 1.165) is 0 Å². The number of hydrogen-bond donors (Lipinski definition) is 3. The Hall–Kier alpha value is -1.87. The first-order valence-electron chi connectivity index (χ1n) is 6.66. The Morgan fingerprint density at radius 1 is 1.24 bits per heavy atom. The van der Waals surface area contributed by atoms with Crippen molar-refractivity contribution in [2.75, 3.05) is 46.4 Å². The summed E-state index contributed by atoms with van der Waals surface area (Å²) in [5, 5.41) is 19.9. The average molecular weight is 303 g/mol. The molecule has 1 aliphatic rings. The minimum Gasteiger partial charge on any atom is -0.480 e. The molecular formula is C12H21N3O6.